The maximum atomic E-state index is 13.1. The third-order valence-corrected chi connectivity index (χ3v) is 5.35. The summed E-state index contributed by atoms with van der Waals surface area (Å²) < 4.78 is 14.3. The van der Waals surface area contributed by atoms with Gasteiger partial charge in [0.1, 0.15) is 17.2 Å². The van der Waals surface area contributed by atoms with E-state index in [1.165, 1.54) is 0 Å². The number of piperidine rings is 1. The predicted octanol–water partition coefficient (Wildman–Crippen LogP) is 2.17. The second-order valence-corrected chi connectivity index (χ2v) is 7.01. The SMILES string of the molecule is COc1ccc(OC)c(-c2cc(C(=O)N3CCC(n4ccnn4)CC3)n(C)n2)c1. The molecule has 1 aliphatic rings. The van der Waals surface area contributed by atoms with Crippen molar-refractivity contribution in [2.24, 2.45) is 7.05 Å². The van der Waals surface area contributed by atoms with Crippen molar-refractivity contribution in [2.75, 3.05) is 27.3 Å². The largest absolute Gasteiger partial charge is 0.497 e. The monoisotopic (exact) mass is 396 g/mol. The lowest BCUT2D eigenvalue weighted by Gasteiger charge is -2.31. The zero-order valence-corrected chi connectivity index (χ0v) is 16.8. The minimum atomic E-state index is -0.0230. The van der Waals surface area contributed by atoms with Crippen molar-refractivity contribution >= 4 is 5.91 Å². The van der Waals surface area contributed by atoms with Gasteiger partial charge in [0.2, 0.25) is 0 Å². The lowest BCUT2D eigenvalue weighted by Crippen LogP contribution is -2.39. The topological polar surface area (TPSA) is 87.3 Å². The molecule has 0 saturated carbocycles. The number of ether oxygens (including phenoxy) is 2. The van der Waals surface area contributed by atoms with Crippen LogP contribution in [0.5, 0.6) is 11.5 Å². The van der Waals surface area contributed by atoms with Crippen molar-refractivity contribution in [1.29, 1.82) is 0 Å². The second kappa shape index (κ2) is 7.94. The number of hydrogen-bond acceptors (Lipinski definition) is 6. The summed E-state index contributed by atoms with van der Waals surface area (Å²) in [6.07, 6.45) is 5.26. The summed E-state index contributed by atoms with van der Waals surface area (Å²) in [5.41, 5.74) is 2.00. The molecule has 0 bridgehead atoms. The van der Waals surface area contributed by atoms with Crippen LogP contribution in [0.2, 0.25) is 0 Å². The molecular weight excluding hydrogens is 372 g/mol. The Labute approximate surface area is 168 Å². The zero-order chi connectivity index (χ0) is 20.4. The number of methoxy groups -OCH3 is 2. The maximum Gasteiger partial charge on any atom is 0.272 e. The molecular formula is C20H24N6O3. The van der Waals surface area contributed by atoms with Crippen LogP contribution in [-0.4, -0.2) is 62.9 Å². The van der Waals surface area contributed by atoms with Crippen molar-refractivity contribution in [3.63, 3.8) is 0 Å². The van der Waals surface area contributed by atoms with Crippen LogP contribution in [0.15, 0.2) is 36.7 Å². The van der Waals surface area contributed by atoms with Crippen molar-refractivity contribution in [2.45, 2.75) is 18.9 Å². The number of carbonyl (C=O) groups excluding carboxylic acids is 1. The van der Waals surface area contributed by atoms with Gasteiger partial charge in [0.05, 0.1) is 32.2 Å². The first-order chi connectivity index (χ1) is 14.1. The van der Waals surface area contributed by atoms with Crippen LogP contribution < -0.4 is 9.47 Å². The molecule has 0 atom stereocenters. The van der Waals surface area contributed by atoms with E-state index < -0.39 is 0 Å². The standard InChI is InChI=1S/C20H24N6O3/c1-24-18(13-17(22-24)16-12-15(28-2)4-5-19(16)29-3)20(27)25-9-6-14(7-10-25)26-11-8-21-23-26/h4-5,8,11-14H,6-7,9-10H2,1-3H3. The van der Waals surface area contributed by atoms with Crippen LogP contribution >= 0.6 is 0 Å². The Morgan fingerprint density at radius 2 is 1.93 bits per heavy atom. The van der Waals surface area contributed by atoms with E-state index in [2.05, 4.69) is 15.4 Å². The fourth-order valence-corrected chi connectivity index (χ4v) is 3.72. The Morgan fingerprint density at radius 3 is 2.59 bits per heavy atom. The molecule has 1 saturated heterocycles. The van der Waals surface area contributed by atoms with Gasteiger partial charge < -0.3 is 14.4 Å². The third kappa shape index (κ3) is 3.67. The van der Waals surface area contributed by atoms with Gasteiger partial charge >= 0.3 is 0 Å². The van der Waals surface area contributed by atoms with Crippen LogP contribution in [0.4, 0.5) is 0 Å². The second-order valence-electron chi connectivity index (χ2n) is 7.01. The van der Waals surface area contributed by atoms with Crippen molar-refractivity contribution in [1.82, 2.24) is 29.7 Å². The van der Waals surface area contributed by atoms with Gasteiger partial charge in [0.15, 0.2) is 0 Å². The summed E-state index contributed by atoms with van der Waals surface area (Å²) in [6.45, 7) is 1.35. The molecule has 3 aromatic rings. The van der Waals surface area contributed by atoms with Gasteiger partial charge in [-0.2, -0.15) is 5.10 Å². The molecule has 1 aromatic carbocycles. The minimum absolute atomic E-state index is 0.0230. The highest BCUT2D eigenvalue weighted by Crippen LogP contribution is 2.33. The van der Waals surface area contributed by atoms with E-state index >= 15 is 0 Å². The van der Waals surface area contributed by atoms with Crippen LogP contribution in [0, 0.1) is 0 Å². The predicted molar refractivity (Wildman–Crippen MR) is 106 cm³/mol. The first kappa shape index (κ1) is 19.0. The number of rotatable bonds is 5. The number of amides is 1. The van der Waals surface area contributed by atoms with Gasteiger partial charge in [-0.15, -0.1) is 5.10 Å². The first-order valence-electron chi connectivity index (χ1n) is 9.52. The molecule has 2 aromatic heterocycles. The number of benzene rings is 1. The van der Waals surface area contributed by atoms with Crippen molar-refractivity contribution in [3.05, 3.63) is 42.4 Å². The van der Waals surface area contributed by atoms with E-state index in [1.54, 1.807) is 32.1 Å². The first-order valence-corrected chi connectivity index (χ1v) is 9.52. The van der Waals surface area contributed by atoms with Gasteiger partial charge in [0.25, 0.3) is 5.91 Å². The lowest BCUT2D eigenvalue weighted by molar-refractivity contribution is 0.0678. The summed E-state index contributed by atoms with van der Waals surface area (Å²) in [5, 5.41) is 12.5. The quantitative estimate of drug-likeness (QED) is 0.657. The third-order valence-electron chi connectivity index (χ3n) is 5.35. The molecule has 3 heterocycles. The summed E-state index contributed by atoms with van der Waals surface area (Å²) >= 11 is 0. The summed E-state index contributed by atoms with van der Waals surface area (Å²) in [5.74, 6) is 1.36. The molecule has 29 heavy (non-hydrogen) atoms. The Balaban J connectivity index is 1.53. The molecule has 1 fully saturated rings. The lowest BCUT2D eigenvalue weighted by atomic mass is 10.0. The highest BCUT2D eigenvalue weighted by molar-refractivity contribution is 5.94. The molecule has 1 aliphatic heterocycles. The van der Waals surface area contributed by atoms with Gasteiger partial charge in [-0.3, -0.25) is 9.48 Å². The molecule has 1 amide bonds. The Kier molecular flexibility index (Phi) is 5.20. The normalized spacial score (nSPS) is 14.8. The highest BCUT2D eigenvalue weighted by Gasteiger charge is 2.27. The molecule has 0 N–H and O–H groups in total. The van der Waals surface area contributed by atoms with Gasteiger partial charge in [-0.25, -0.2) is 4.68 Å². The number of likely N-dealkylation sites (tertiary alicyclic amines) is 1. The van der Waals surface area contributed by atoms with Crippen LogP contribution in [0.25, 0.3) is 11.3 Å². The maximum absolute atomic E-state index is 13.1. The van der Waals surface area contributed by atoms with E-state index in [0.717, 1.165) is 18.4 Å². The molecule has 4 rings (SSSR count). The number of hydrogen-bond donors (Lipinski definition) is 0. The molecule has 0 spiro atoms. The van der Waals surface area contributed by atoms with E-state index in [1.807, 2.05) is 40.0 Å². The summed E-state index contributed by atoms with van der Waals surface area (Å²) in [7, 11) is 5.01. The van der Waals surface area contributed by atoms with E-state index in [-0.39, 0.29) is 11.9 Å². The van der Waals surface area contributed by atoms with Gasteiger partial charge in [-0.1, -0.05) is 5.21 Å². The molecule has 0 aliphatic carbocycles. The Morgan fingerprint density at radius 1 is 1.14 bits per heavy atom. The smallest absolute Gasteiger partial charge is 0.272 e. The fourth-order valence-electron chi connectivity index (χ4n) is 3.72. The van der Waals surface area contributed by atoms with E-state index in [9.17, 15) is 4.79 Å². The number of aryl methyl sites for hydroxylation is 1. The molecule has 9 heteroatoms. The van der Waals surface area contributed by atoms with E-state index in [4.69, 9.17) is 9.47 Å². The van der Waals surface area contributed by atoms with Crippen LogP contribution in [-0.2, 0) is 7.05 Å². The summed E-state index contributed by atoms with van der Waals surface area (Å²) in [4.78, 5) is 15.0. The Bertz CT molecular complexity index is 990. The molecule has 152 valence electrons. The van der Waals surface area contributed by atoms with Gasteiger partial charge in [-0.05, 0) is 37.1 Å². The highest BCUT2D eigenvalue weighted by atomic mass is 16.5. The van der Waals surface area contributed by atoms with Crippen LogP contribution in [0.3, 0.4) is 0 Å². The zero-order valence-electron chi connectivity index (χ0n) is 16.8. The number of aromatic nitrogens is 5. The van der Waals surface area contributed by atoms with Crippen LogP contribution in [0.1, 0.15) is 29.4 Å². The molecule has 0 radical (unpaired) electrons. The van der Waals surface area contributed by atoms with Crippen molar-refractivity contribution in [3.8, 4) is 22.8 Å². The molecule has 0 unspecified atom stereocenters. The number of carbonyl (C=O) groups is 1. The van der Waals surface area contributed by atoms with E-state index in [0.29, 0.717) is 36.0 Å². The average Bonchev–Trinajstić information content (AvgIpc) is 3.43. The fraction of sp³-hybridized carbons (Fsp3) is 0.400. The number of nitrogens with zero attached hydrogens (tertiary/aromatic N) is 6. The summed E-state index contributed by atoms with van der Waals surface area (Å²) in [6, 6.07) is 7.61. The molecule has 9 nitrogen and oxygen atoms in total. The van der Waals surface area contributed by atoms with Gasteiger partial charge in [0, 0.05) is 31.9 Å². The minimum Gasteiger partial charge on any atom is -0.497 e. The Hall–Kier alpha value is -3.36. The average molecular weight is 396 g/mol. The van der Waals surface area contributed by atoms with Crippen molar-refractivity contribution < 1.29 is 14.3 Å².